The molecule has 0 radical (unpaired) electrons. The first kappa shape index (κ1) is 29.9. The van der Waals surface area contributed by atoms with Gasteiger partial charge < -0.3 is 4.90 Å². The maximum Gasteiger partial charge on any atom is 0.0543 e. The molecule has 2 heteroatoms. The number of hydrogen-bond donors (Lipinski definition) is 0. The van der Waals surface area contributed by atoms with Crippen LogP contribution in [0.25, 0.3) is 64.3 Å². The van der Waals surface area contributed by atoms with Gasteiger partial charge in [0.25, 0.3) is 0 Å². The lowest BCUT2D eigenvalue weighted by molar-refractivity contribution is 0.660. The van der Waals surface area contributed by atoms with Crippen molar-refractivity contribution in [3.05, 3.63) is 187 Å². The van der Waals surface area contributed by atoms with E-state index in [4.69, 9.17) is 0 Å². The zero-order valence-corrected chi connectivity index (χ0v) is 29.4. The molecule has 1 aliphatic rings. The first-order valence-electron chi connectivity index (χ1n) is 17.7. The predicted molar refractivity (Wildman–Crippen MR) is 220 cm³/mol. The molecule has 242 valence electrons. The monoisotopic (exact) mass is 669 g/mol. The van der Waals surface area contributed by atoms with E-state index in [-0.39, 0.29) is 5.41 Å². The summed E-state index contributed by atoms with van der Waals surface area (Å²) in [7, 11) is 0. The summed E-state index contributed by atoms with van der Waals surface area (Å²) in [6.07, 6.45) is 0. The minimum absolute atomic E-state index is 0.0820. The van der Waals surface area contributed by atoms with Crippen LogP contribution in [-0.4, -0.2) is 0 Å². The summed E-state index contributed by atoms with van der Waals surface area (Å²) in [6.45, 7) is 4.71. The van der Waals surface area contributed by atoms with Crippen molar-refractivity contribution in [3.8, 4) is 33.4 Å². The lowest BCUT2D eigenvalue weighted by Crippen LogP contribution is -2.16. The number of nitrogens with zero attached hydrogens (tertiary/aromatic N) is 1. The first-order valence-corrected chi connectivity index (χ1v) is 18.5. The summed E-state index contributed by atoms with van der Waals surface area (Å²) in [5, 5.41) is 5.25. The highest BCUT2D eigenvalue weighted by molar-refractivity contribution is 7.25. The minimum Gasteiger partial charge on any atom is -0.310 e. The van der Waals surface area contributed by atoms with Gasteiger partial charge in [0, 0.05) is 42.5 Å². The van der Waals surface area contributed by atoms with Gasteiger partial charge in [-0.3, -0.25) is 0 Å². The third kappa shape index (κ3) is 4.82. The van der Waals surface area contributed by atoms with Crippen molar-refractivity contribution in [3.63, 3.8) is 0 Å². The van der Waals surface area contributed by atoms with Crippen molar-refractivity contribution in [1.82, 2.24) is 0 Å². The van der Waals surface area contributed by atoms with E-state index in [9.17, 15) is 0 Å². The Hall–Kier alpha value is -5.96. The quantitative estimate of drug-likeness (QED) is 0.176. The molecular weight excluding hydrogens is 635 g/mol. The Labute approximate surface area is 302 Å². The predicted octanol–water partition coefficient (Wildman–Crippen LogP) is 14.3. The average molecular weight is 670 g/mol. The molecule has 0 amide bonds. The molecule has 0 atom stereocenters. The van der Waals surface area contributed by atoms with Crippen LogP contribution in [0.5, 0.6) is 0 Å². The van der Waals surface area contributed by atoms with Crippen LogP contribution in [-0.2, 0) is 5.41 Å². The molecule has 1 heterocycles. The third-order valence-electron chi connectivity index (χ3n) is 10.8. The van der Waals surface area contributed by atoms with Gasteiger partial charge in [0.1, 0.15) is 0 Å². The van der Waals surface area contributed by atoms with Crippen molar-refractivity contribution in [2.24, 2.45) is 0 Å². The van der Waals surface area contributed by atoms with Gasteiger partial charge in [0.2, 0.25) is 0 Å². The van der Waals surface area contributed by atoms with Gasteiger partial charge >= 0.3 is 0 Å². The van der Waals surface area contributed by atoms with E-state index in [1.54, 1.807) is 0 Å². The molecule has 51 heavy (non-hydrogen) atoms. The summed E-state index contributed by atoms with van der Waals surface area (Å²) in [5.74, 6) is 0. The topological polar surface area (TPSA) is 3.24 Å². The molecule has 1 aliphatic carbocycles. The lowest BCUT2D eigenvalue weighted by atomic mass is 9.82. The van der Waals surface area contributed by atoms with Crippen LogP contribution in [0.15, 0.2) is 176 Å². The summed E-state index contributed by atoms with van der Waals surface area (Å²) < 4.78 is 2.66. The van der Waals surface area contributed by atoms with E-state index in [2.05, 4.69) is 195 Å². The van der Waals surface area contributed by atoms with E-state index in [0.29, 0.717) is 0 Å². The molecule has 0 unspecified atom stereocenters. The standard InChI is InChI=1S/C49H35NS/c1-49(2)43-19-9-8-18-41(43)48-44(49)20-11-21-45(48)50(39-17-10-16-34(28-39)32-12-4-3-5-13-32)38-25-22-33(23-26-38)37-24-27-40-42-29-35-14-6-7-15-36(35)30-47(42)51-46(40)31-37/h3-31H,1-2H3. The second-order valence-electron chi connectivity index (χ2n) is 14.2. The van der Waals surface area contributed by atoms with E-state index in [1.165, 1.54) is 81.1 Å². The minimum atomic E-state index is -0.0820. The Kier molecular flexibility index (Phi) is 6.78. The number of anilines is 3. The fourth-order valence-electron chi connectivity index (χ4n) is 8.25. The van der Waals surface area contributed by atoms with E-state index in [1.807, 2.05) is 11.3 Å². The van der Waals surface area contributed by atoms with Crippen LogP contribution >= 0.6 is 11.3 Å². The van der Waals surface area contributed by atoms with Crippen LogP contribution in [0.1, 0.15) is 25.0 Å². The molecule has 0 aliphatic heterocycles. The fraction of sp³-hybridized carbons (Fsp3) is 0.0612. The molecule has 8 aromatic carbocycles. The van der Waals surface area contributed by atoms with Gasteiger partial charge in [-0.2, -0.15) is 0 Å². The average Bonchev–Trinajstić information content (AvgIpc) is 3.65. The number of thiophene rings is 1. The molecule has 0 saturated heterocycles. The molecule has 0 spiro atoms. The molecule has 0 N–H and O–H groups in total. The Morgan fingerprint density at radius 1 is 0.431 bits per heavy atom. The van der Waals surface area contributed by atoms with Crippen LogP contribution in [0.4, 0.5) is 17.1 Å². The normalized spacial score (nSPS) is 13.1. The molecular formula is C49H35NS. The molecule has 0 fully saturated rings. The summed E-state index contributed by atoms with van der Waals surface area (Å²) >= 11 is 1.88. The van der Waals surface area contributed by atoms with Crippen molar-refractivity contribution in [2.45, 2.75) is 19.3 Å². The largest absolute Gasteiger partial charge is 0.310 e. The Bertz CT molecular complexity index is 2770. The van der Waals surface area contributed by atoms with E-state index >= 15 is 0 Å². The third-order valence-corrected chi connectivity index (χ3v) is 12.0. The van der Waals surface area contributed by atoms with Gasteiger partial charge in [-0.25, -0.2) is 0 Å². The molecule has 9 aromatic rings. The lowest BCUT2D eigenvalue weighted by Gasteiger charge is -2.29. The summed E-state index contributed by atoms with van der Waals surface area (Å²) in [4.78, 5) is 2.45. The van der Waals surface area contributed by atoms with Gasteiger partial charge in [0.15, 0.2) is 0 Å². The van der Waals surface area contributed by atoms with E-state index in [0.717, 1.165) is 11.4 Å². The smallest absolute Gasteiger partial charge is 0.0543 e. The highest BCUT2D eigenvalue weighted by atomic mass is 32.1. The fourth-order valence-corrected chi connectivity index (χ4v) is 9.42. The van der Waals surface area contributed by atoms with Gasteiger partial charge in [-0.1, -0.05) is 141 Å². The summed E-state index contributed by atoms with van der Waals surface area (Å²) in [6, 6.07) is 64.8. The number of hydrogen-bond acceptors (Lipinski definition) is 2. The van der Waals surface area contributed by atoms with Gasteiger partial charge in [-0.15, -0.1) is 11.3 Å². The Balaban J connectivity index is 1.11. The van der Waals surface area contributed by atoms with Crippen molar-refractivity contribution < 1.29 is 0 Å². The maximum atomic E-state index is 2.45. The zero-order chi connectivity index (χ0) is 34.1. The highest BCUT2D eigenvalue weighted by Crippen LogP contribution is 2.54. The van der Waals surface area contributed by atoms with Crippen LogP contribution in [0.2, 0.25) is 0 Å². The van der Waals surface area contributed by atoms with Crippen LogP contribution < -0.4 is 4.90 Å². The van der Waals surface area contributed by atoms with Crippen molar-refractivity contribution in [1.29, 1.82) is 0 Å². The second kappa shape index (κ2) is 11.6. The molecule has 1 aromatic heterocycles. The molecule has 1 nitrogen and oxygen atoms in total. The van der Waals surface area contributed by atoms with Crippen molar-refractivity contribution in [2.75, 3.05) is 4.90 Å². The number of rotatable bonds is 5. The van der Waals surface area contributed by atoms with E-state index < -0.39 is 0 Å². The number of fused-ring (bicyclic) bond motifs is 7. The second-order valence-corrected chi connectivity index (χ2v) is 15.3. The van der Waals surface area contributed by atoms with Crippen LogP contribution in [0, 0.1) is 0 Å². The van der Waals surface area contributed by atoms with Crippen LogP contribution in [0.3, 0.4) is 0 Å². The van der Waals surface area contributed by atoms with Gasteiger partial charge in [0.05, 0.1) is 5.69 Å². The Morgan fingerprint density at radius 3 is 1.90 bits per heavy atom. The van der Waals surface area contributed by atoms with Crippen molar-refractivity contribution >= 4 is 59.3 Å². The van der Waals surface area contributed by atoms with Gasteiger partial charge in [-0.05, 0) is 98.2 Å². The number of benzene rings is 8. The molecule has 10 rings (SSSR count). The first-order chi connectivity index (χ1) is 25.0. The molecule has 0 bridgehead atoms. The Morgan fingerprint density at radius 2 is 1.06 bits per heavy atom. The highest BCUT2D eigenvalue weighted by Gasteiger charge is 2.37. The molecule has 0 saturated carbocycles. The zero-order valence-electron chi connectivity index (χ0n) is 28.6. The SMILES string of the molecule is CC1(C)c2ccccc2-c2c(N(c3ccc(-c4ccc5c(c4)sc4cc6ccccc6cc45)cc3)c3cccc(-c4ccccc4)c3)cccc21. The maximum absolute atomic E-state index is 2.45. The summed E-state index contributed by atoms with van der Waals surface area (Å²) in [5.41, 5.74) is 13.6.